The van der Waals surface area contributed by atoms with Gasteiger partial charge in [0, 0.05) is 5.02 Å². The van der Waals surface area contributed by atoms with Crippen molar-refractivity contribution in [3.63, 3.8) is 0 Å². The normalized spacial score (nSPS) is 11.6. The summed E-state index contributed by atoms with van der Waals surface area (Å²) < 4.78 is 10.2. The number of rotatable bonds is 5. The van der Waals surface area contributed by atoms with E-state index in [1.807, 2.05) is 0 Å². The van der Waals surface area contributed by atoms with Crippen LogP contribution in [0.25, 0.3) is 0 Å². The Balaban J connectivity index is 2.01. The molecule has 0 aliphatic carbocycles. The lowest BCUT2D eigenvalue weighted by Gasteiger charge is -2.14. The molecular formula is C15H14ClNO4S. The van der Waals surface area contributed by atoms with Gasteiger partial charge in [0.25, 0.3) is 5.91 Å². The van der Waals surface area contributed by atoms with Crippen LogP contribution in [-0.4, -0.2) is 25.1 Å². The van der Waals surface area contributed by atoms with Gasteiger partial charge in [-0.2, -0.15) is 0 Å². The molecule has 7 heteroatoms. The van der Waals surface area contributed by atoms with Crippen LogP contribution >= 0.6 is 22.9 Å². The van der Waals surface area contributed by atoms with Crippen molar-refractivity contribution in [3.05, 3.63) is 45.6 Å². The van der Waals surface area contributed by atoms with E-state index in [0.29, 0.717) is 21.3 Å². The lowest BCUT2D eigenvalue weighted by atomic mass is 10.3. The van der Waals surface area contributed by atoms with Gasteiger partial charge in [0.15, 0.2) is 6.10 Å². The van der Waals surface area contributed by atoms with E-state index in [1.165, 1.54) is 18.4 Å². The van der Waals surface area contributed by atoms with Gasteiger partial charge in [-0.3, -0.25) is 4.79 Å². The number of hydrogen-bond acceptors (Lipinski definition) is 5. The standard InChI is InChI=1S/C15H14ClNO4S/c1-9(21-11-5-3-10(16)4-6-11)14(18)17-12-7-8-22-13(12)15(19)20-2/h3-9H,1-2H3,(H,17,18)/t9-/m0/s1. The first-order valence-corrected chi connectivity index (χ1v) is 7.66. The Morgan fingerprint density at radius 3 is 2.55 bits per heavy atom. The zero-order chi connectivity index (χ0) is 16.1. The Labute approximate surface area is 136 Å². The Morgan fingerprint density at radius 1 is 1.23 bits per heavy atom. The molecule has 0 aliphatic rings. The molecule has 2 aromatic rings. The van der Waals surface area contributed by atoms with Crippen molar-refractivity contribution >= 4 is 40.5 Å². The summed E-state index contributed by atoms with van der Waals surface area (Å²) in [6.45, 7) is 1.62. The number of benzene rings is 1. The molecule has 0 spiro atoms. The second kappa shape index (κ2) is 7.29. The van der Waals surface area contributed by atoms with Crippen LogP contribution in [0.2, 0.25) is 5.02 Å². The lowest BCUT2D eigenvalue weighted by molar-refractivity contribution is -0.122. The van der Waals surface area contributed by atoms with Crippen molar-refractivity contribution in [2.24, 2.45) is 0 Å². The van der Waals surface area contributed by atoms with Gasteiger partial charge in [-0.25, -0.2) is 4.79 Å². The van der Waals surface area contributed by atoms with Gasteiger partial charge in [0.2, 0.25) is 0 Å². The average molecular weight is 340 g/mol. The average Bonchev–Trinajstić information content (AvgIpc) is 2.96. The van der Waals surface area contributed by atoms with Crippen molar-refractivity contribution in [2.45, 2.75) is 13.0 Å². The fourth-order valence-electron chi connectivity index (χ4n) is 1.66. The molecule has 0 unspecified atom stereocenters. The Kier molecular flexibility index (Phi) is 5.41. The Hall–Kier alpha value is -2.05. The first kappa shape index (κ1) is 16.3. The first-order chi connectivity index (χ1) is 10.5. The minimum absolute atomic E-state index is 0.342. The molecule has 1 amide bonds. The number of hydrogen-bond donors (Lipinski definition) is 1. The predicted molar refractivity (Wildman–Crippen MR) is 85.8 cm³/mol. The zero-order valence-corrected chi connectivity index (χ0v) is 13.5. The summed E-state index contributed by atoms with van der Waals surface area (Å²) in [5.41, 5.74) is 0.411. The number of amides is 1. The summed E-state index contributed by atoms with van der Waals surface area (Å²) in [5, 5.41) is 4.95. The Bertz CT molecular complexity index is 668. The molecule has 116 valence electrons. The van der Waals surface area contributed by atoms with E-state index in [4.69, 9.17) is 16.3 Å². The summed E-state index contributed by atoms with van der Waals surface area (Å²) in [6, 6.07) is 8.35. The summed E-state index contributed by atoms with van der Waals surface area (Å²) in [5.74, 6) is -0.319. The van der Waals surface area contributed by atoms with Crippen LogP contribution in [0.15, 0.2) is 35.7 Å². The molecular weight excluding hydrogens is 326 g/mol. The molecule has 0 fully saturated rings. The van der Waals surface area contributed by atoms with E-state index in [9.17, 15) is 9.59 Å². The number of anilines is 1. The maximum Gasteiger partial charge on any atom is 0.350 e. The molecule has 0 saturated carbocycles. The molecule has 2 rings (SSSR count). The van der Waals surface area contributed by atoms with Crippen LogP contribution < -0.4 is 10.1 Å². The van der Waals surface area contributed by atoms with Gasteiger partial charge in [-0.1, -0.05) is 11.6 Å². The number of ether oxygens (including phenoxy) is 2. The molecule has 22 heavy (non-hydrogen) atoms. The maximum absolute atomic E-state index is 12.1. The van der Waals surface area contributed by atoms with E-state index in [2.05, 4.69) is 10.1 Å². The predicted octanol–water partition coefficient (Wildman–Crippen LogP) is 3.59. The highest BCUT2D eigenvalue weighted by Gasteiger charge is 2.19. The lowest BCUT2D eigenvalue weighted by Crippen LogP contribution is -2.30. The Morgan fingerprint density at radius 2 is 1.91 bits per heavy atom. The van der Waals surface area contributed by atoms with Crippen molar-refractivity contribution in [2.75, 3.05) is 12.4 Å². The number of thiophene rings is 1. The van der Waals surface area contributed by atoms with Gasteiger partial charge < -0.3 is 14.8 Å². The van der Waals surface area contributed by atoms with Crippen LogP contribution in [0.4, 0.5) is 5.69 Å². The third-order valence-electron chi connectivity index (χ3n) is 2.79. The molecule has 0 radical (unpaired) electrons. The van der Waals surface area contributed by atoms with E-state index in [1.54, 1.807) is 42.6 Å². The summed E-state index contributed by atoms with van der Waals surface area (Å²) in [4.78, 5) is 24.0. The number of halogens is 1. The number of carbonyl (C=O) groups excluding carboxylic acids is 2. The van der Waals surface area contributed by atoms with Crippen LogP contribution in [0.5, 0.6) is 5.75 Å². The molecule has 1 heterocycles. The first-order valence-electron chi connectivity index (χ1n) is 6.40. The number of nitrogens with one attached hydrogen (secondary N) is 1. The minimum atomic E-state index is -0.730. The highest BCUT2D eigenvalue weighted by atomic mass is 35.5. The molecule has 1 N–H and O–H groups in total. The van der Waals surface area contributed by atoms with Gasteiger partial charge in [0.05, 0.1) is 12.8 Å². The maximum atomic E-state index is 12.1. The van der Waals surface area contributed by atoms with Gasteiger partial charge in [-0.05, 0) is 42.6 Å². The third-order valence-corrected chi connectivity index (χ3v) is 3.94. The van der Waals surface area contributed by atoms with Crippen LogP contribution in [-0.2, 0) is 9.53 Å². The second-order valence-corrected chi connectivity index (χ2v) is 5.71. The zero-order valence-electron chi connectivity index (χ0n) is 12.0. The molecule has 0 aliphatic heterocycles. The fourth-order valence-corrected chi connectivity index (χ4v) is 2.56. The minimum Gasteiger partial charge on any atom is -0.481 e. The van der Waals surface area contributed by atoms with Crippen molar-refractivity contribution in [3.8, 4) is 5.75 Å². The summed E-state index contributed by atoms with van der Waals surface area (Å²) >= 11 is 6.99. The largest absolute Gasteiger partial charge is 0.481 e. The molecule has 1 aromatic heterocycles. The van der Waals surface area contributed by atoms with Crippen molar-refractivity contribution < 1.29 is 19.1 Å². The molecule has 1 atom stereocenters. The van der Waals surface area contributed by atoms with Crippen molar-refractivity contribution in [1.29, 1.82) is 0 Å². The highest BCUT2D eigenvalue weighted by Crippen LogP contribution is 2.24. The van der Waals surface area contributed by atoms with Crippen molar-refractivity contribution in [1.82, 2.24) is 0 Å². The van der Waals surface area contributed by atoms with E-state index < -0.39 is 12.1 Å². The monoisotopic (exact) mass is 339 g/mol. The van der Waals surface area contributed by atoms with Gasteiger partial charge in [0.1, 0.15) is 10.6 Å². The topological polar surface area (TPSA) is 64.6 Å². The van der Waals surface area contributed by atoms with Gasteiger partial charge >= 0.3 is 5.97 Å². The molecule has 1 aromatic carbocycles. The smallest absolute Gasteiger partial charge is 0.350 e. The molecule has 0 bridgehead atoms. The van der Waals surface area contributed by atoms with Crippen LogP contribution in [0, 0.1) is 0 Å². The van der Waals surface area contributed by atoms with E-state index >= 15 is 0 Å². The third kappa shape index (κ3) is 3.99. The summed E-state index contributed by atoms with van der Waals surface area (Å²) in [7, 11) is 1.29. The quantitative estimate of drug-likeness (QED) is 0.845. The number of methoxy groups -OCH3 is 1. The second-order valence-electron chi connectivity index (χ2n) is 4.36. The summed E-state index contributed by atoms with van der Waals surface area (Å²) in [6.07, 6.45) is -0.730. The molecule has 0 saturated heterocycles. The van der Waals surface area contributed by atoms with E-state index in [-0.39, 0.29) is 5.91 Å². The van der Waals surface area contributed by atoms with E-state index in [0.717, 1.165) is 0 Å². The fraction of sp³-hybridized carbons (Fsp3) is 0.200. The van der Waals surface area contributed by atoms with Gasteiger partial charge in [-0.15, -0.1) is 11.3 Å². The van der Waals surface area contributed by atoms with Crippen LogP contribution in [0.3, 0.4) is 0 Å². The SMILES string of the molecule is COC(=O)c1sccc1NC(=O)[C@H](C)Oc1ccc(Cl)cc1. The number of esters is 1. The number of carbonyl (C=O) groups is 2. The van der Waals surface area contributed by atoms with Crippen LogP contribution in [0.1, 0.15) is 16.6 Å². The molecule has 5 nitrogen and oxygen atoms in total. The highest BCUT2D eigenvalue weighted by molar-refractivity contribution is 7.12.